The average molecular weight is 986 g/mol. The summed E-state index contributed by atoms with van der Waals surface area (Å²) in [7, 11) is 0. The lowest BCUT2D eigenvalue weighted by Gasteiger charge is -2.44. The molecule has 3 aliphatic carbocycles. The van der Waals surface area contributed by atoms with Gasteiger partial charge in [-0.05, 0) is 168 Å². The topological polar surface area (TPSA) is 11.4 Å². The molecule has 9 aromatic rings. The Morgan fingerprint density at radius 1 is 0.432 bits per heavy atom. The van der Waals surface area contributed by atoms with Crippen molar-refractivity contribution in [3.63, 3.8) is 0 Å². The highest BCUT2D eigenvalue weighted by atomic mass is 32.1. The van der Waals surface area contributed by atoms with Gasteiger partial charge < -0.3 is 14.4 Å². The fourth-order valence-corrected chi connectivity index (χ4v) is 17.9. The van der Waals surface area contributed by atoms with E-state index in [9.17, 15) is 0 Å². The zero-order chi connectivity index (χ0) is 51.8. The third kappa shape index (κ3) is 6.26. The van der Waals surface area contributed by atoms with Crippen LogP contribution in [-0.2, 0) is 37.9 Å². The SMILES string of the molecule is CC(C)(C)c1ccc2c3c(sc2c1)B1c2cc4c(cc2N(c2ccc5c(c2)C(C)(C)CC5(C)C)c2cc(-n5c6ccccc6c6ccccc65)cc(c21)N3c1ccc2c(c1)C(C)(C)CC2(C)C)C(C)(C)CC4(C)C. The zero-order valence-electron chi connectivity index (χ0n) is 46.6. The van der Waals surface area contributed by atoms with E-state index in [1.54, 1.807) is 0 Å². The average Bonchev–Trinajstić information content (AvgIpc) is 4.02. The van der Waals surface area contributed by atoms with E-state index in [2.05, 4.69) is 246 Å². The zero-order valence-corrected chi connectivity index (χ0v) is 47.4. The van der Waals surface area contributed by atoms with Crippen LogP contribution in [0.15, 0.2) is 127 Å². The maximum Gasteiger partial charge on any atom is 0.264 e. The van der Waals surface area contributed by atoms with Crippen molar-refractivity contribution in [3.05, 3.63) is 166 Å². The molecule has 372 valence electrons. The molecule has 7 aromatic carbocycles. The first-order valence-electron chi connectivity index (χ1n) is 27.6. The normalized spacial score (nSPS) is 19.7. The molecule has 0 N–H and O–H groups in total. The Morgan fingerprint density at radius 3 is 1.45 bits per heavy atom. The second-order valence-electron chi connectivity index (χ2n) is 28.4. The van der Waals surface area contributed by atoms with Gasteiger partial charge in [0.2, 0.25) is 0 Å². The van der Waals surface area contributed by atoms with E-state index in [1.807, 2.05) is 11.3 Å². The van der Waals surface area contributed by atoms with Gasteiger partial charge in [-0.2, -0.15) is 0 Å². The highest BCUT2D eigenvalue weighted by molar-refractivity contribution is 7.33. The van der Waals surface area contributed by atoms with Crippen molar-refractivity contribution in [2.45, 2.75) is 161 Å². The molecule has 0 saturated carbocycles. The Kier molecular flexibility index (Phi) is 9.08. The Hall–Kier alpha value is -6.04. The lowest BCUT2D eigenvalue weighted by Crippen LogP contribution is -2.60. The molecule has 14 rings (SSSR count). The van der Waals surface area contributed by atoms with Crippen LogP contribution in [0.25, 0.3) is 37.6 Å². The van der Waals surface area contributed by atoms with Crippen LogP contribution in [0.1, 0.15) is 162 Å². The summed E-state index contributed by atoms with van der Waals surface area (Å²) >= 11 is 2.04. The van der Waals surface area contributed by atoms with Gasteiger partial charge >= 0.3 is 0 Å². The highest BCUT2D eigenvalue weighted by Crippen LogP contribution is 2.57. The molecule has 4 heterocycles. The van der Waals surface area contributed by atoms with E-state index in [4.69, 9.17) is 0 Å². The molecular formula is C69H72BN3S. The second kappa shape index (κ2) is 14.5. The molecular weight excluding hydrogens is 914 g/mol. The first kappa shape index (κ1) is 46.5. The first-order valence-corrected chi connectivity index (χ1v) is 28.4. The van der Waals surface area contributed by atoms with Gasteiger partial charge in [-0.15, -0.1) is 11.3 Å². The summed E-state index contributed by atoms with van der Waals surface area (Å²) in [4.78, 5) is 5.46. The molecule has 2 aliphatic heterocycles. The fourth-order valence-electron chi connectivity index (χ4n) is 16.5. The van der Waals surface area contributed by atoms with Crippen LogP contribution in [0.3, 0.4) is 0 Å². The summed E-state index contributed by atoms with van der Waals surface area (Å²) in [6.45, 7) is 36.7. The number of para-hydroxylation sites is 2. The standard InChI is InChI=1S/C69H72BN3S/c1-63(2,3)40-24-27-46-59(30-40)74-62-61(46)73(42-26-29-48-50(32-42)67(10,11)38-65(48,6)7)58-34-43(72-54-22-18-16-20-44(54)45-21-17-19-23-55(45)72)33-57-60(58)70(62)53-35-51-52(69(14,15)39-68(51,12)13)36-56(53)71(57)41-25-28-47-49(31-41)66(8,9)37-64(47,4)5/h16-36H,37-39H2,1-15H3. The molecule has 5 aliphatic rings. The largest absolute Gasteiger partial charge is 0.311 e. The molecule has 0 spiro atoms. The van der Waals surface area contributed by atoms with Crippen molar-refractivity contribution in [2.75, 3.05) is 9.80 Å². The molecule has 0 unspecified atom stereocenters. The number of benzene rings is 7. The minimum Gasteiger partial charge on any atom is -0.311 e. The minimum atomic E-state index is 0.0135. The van der Waals surface area contributed by atoms with Gasteiger partial charge in [0.05, 0.1) is 22.4 Å². The summed E-state index contributed by atoms with van der Waals surface area (Å²) < 4.78 is 5.37. The predicted octanol–water partition coefficient (Wildman–Crippen LogP) is 17.3. The molecule has 5 heteroatoms. The molecule has 0 amide bonds. The maximum atomic E-state index is 2.73. The Labute approximate surface area is 444 Å². The lowest BCUT2D eigenvalue weighted by atomic mass is 9.36. The summed E-state index contributed by atoms with van der Waals surface area (Å²) in [5.41, 5.74) is 24.7. The summed E-state index contributed by atoms with van der Waals surface area (Å²) in [5.74, 6) is 0. The van der Waals surface area contributed by atoms with Crippen molar-refractivity contribution < 1.29 is 0 Å². The molecule has 0 bridgehead atoms. The third-order valence-electron chi connectivity index (χ3n) is 19.0. The number of rotatable bonds is 3. The van der Waals surface area contributed by atoms with Crippen molar-refractivity contribution in [1.29, 1.82) is 0 Å². The van der Waals surface area contributed by atoms with Crippen molar-refractivity contribution >= 4 is 99.8 Å². The molecule has 74 heavy (non-hydrogen) atoms. The van der Waals surface area contributed by atoms with Gasteiger partial charge in [0.25, 0.3) is 6.71 Å². The first-order chi connectivity index (χ1) is 34.8. The third-order valence-corrected chi connectivity index (χ3v) is 20.2. The van der Waals surface area contributed by atoms with Crippen LogP contribution in [0, 0.1) is 0 Å². The number of aromatic nitrogens is 1. The predicted molar refractivity (Wildman–Crippen MR) is 321 cm³/mol. The van der Waals surface area contributed by atoms with Crippen LogP contribution < -0.4 is 25.5 Å². The quantitative estimate of drug-likeness (QED) is 0.163. The molecule has 0 saturated heterocycles. The van der Waals surface area contributed by atoms with Gasteiger partial charge in [-0.25, -0.2) is 0 Å². The number of anilines is 6. The molecule has 0 atom stereocenters. The fraction of sp³-hybridized carbons (Fsp3) is 0.362. The van der Waals surface area contributed by atoms with Crippen LogP contribution in [0.5, 0.6) is 0 Å². The minimum absolute atomic E-state index is 0.0135. The highest BCUT2D eigenvalue weighted by Gasteiger charge is 2.51. The Balaban J connectivity index is 1.16. The number of thiophene rings is 1. The molecule has 0 fully saturated rings. The number of hydrogen-bond acceptors (Lipinski definition) is 3. The number of nitrogens with zero attached hydrogens (tertiary/aromatic N) is 3. The summed E-state index contributed by atoms with van der Waals surface area (Å²) in [5, 5.41) is 3.89. The van der Waals surface area contributed by atoms with E-state index in [-0.39, 0.29) is 44.6 Å². The van der Waals surface area contributed by atoms with Gasteiger partial charge in [0.1, 0.15) is 0 Å². The van der Waals surface area contributed by atoms with Crippen LogP contribution in [0.4, 0.5) is 34.1 Å². The van der Waals surface area contributed by atoms with Crippen LogP contribution in [0.2, 0.25) is 0 Å². The number of fused-ring (bicyclic) bond motifs is 12. The van der Waals surface area contributed by atoms with Crippen molar-refractivity contribution in [2.24, 2.45) is 0 Å². The van der Waals surface area contributed by atoms with E-state index < -0.39 is 0 Å². The van der Waals surface area contributed by atoms with E-state index in [1.165, 1.54) is 126 Å². The lowest BCUT2D eigenvalue weighted by molar-refractivity contribution is 0.402. The van der Waals surface area contributed by atoms with Gasteiger partial charge in [0, 0.05) is 54.1 Å². The van der Waals surface area contributed by atoms with Crippen molar-refractivity contribution in [1.82, 2.24) is 4.57 Å². The van der Waals surface area contributed by atoms with Gasteiger partial charge in [0.15, 0.2) is 0 Å². The number of hydrogen-bond donors (Lipinski definition) is 0. The summed E-state index contributed by atoms with van der Waals surface area (Å²) in [6.07, 6.45) is 3.37. The molecule has 3 nitrogen and oxygen atoms in total. The second-order valence-corrected chi connectivity index (χ2v) is 29.5. The maximum absolute atomic E-state index is 2.73. The van der Waals surface area contributed by atoms with Crippen molar-refractivity contribution in [3.8, 4) is 5.69 Å². The van der Waals surface area contributed by atoms with E-state index in [0.29, 0.717) is 0 Å². The van der Waals surface area contributed by atoms with E-state index >= 15 is 0 Å². The Bertz CT molecular complexity index is 3900. The monoisotopic (exact) mass is 986 g/mol. The van der Waals surface area contributed by atoms with Gasteiger partial charge in [-0.1, -0.05) is 171 Å². The summed E-state index contributed by atoms with van der Waals surface area (Å²) in [6, 6.07) is 51.2. The van der Waals surface area contributed by atoms with Gasteiger partial charge in [-0.3, -0.25) is 0 Å². The molecule has 0 radical (unpaired) electrons. The van der Waals surface area contributed by atoms with Crippen LogP contribution in [-0.4, -0.2) is 11.3 Å². The molecule has 2 aromatic heterocycles. The Morgan fingerprint density at radius 2 is 0.905 bits per heavy atom. The smallest absolute Gasteiger partial charge is 0.264 e. The van der Waals surface area contributed by atoms with Crippen LogP contribution >= 0.6 is 11.3 Å². The van der Waals surface area contributed by atoms with E-state index in [0.717, 1.165) is 19.3 Å².